The number of aromatic amines is 1. The number of hydrogen-bond donors (Lipinski definition) is 3. The molecule has 0 spiro atoms. The Balaban J connectivity index is 1.60. The third-order valence-corrected chi connectivity index (χ3v) is 4.90. The van der Waals surface area contributed by atoms with Crippen LogP contribution in [0.2, 0.25) is 0 Å². The molecule has 25 heavy (non-hydrogen) atoms. The number of hydrogen-bond acceptors (Lipinski definition) is 3. The first-order valence-corrected chi connectivity index (χ1v) is 9.37. The van der Waals surface area contributed by atoms with E-state index in [1.54, 1.807) is 12.1 Å². The number of sulfonamides is 1. The highest BCUT2D eigenvalue weighted by Crippen LogP contribution is 2.16. The largest absolute Gasteiger partial charge is 0.351 e. The van der Waals surface area contributed by atoms with Crippen molar-refractivity contribution in [2.75, 3.05) is 6.54 Å². The molecular formula is C18H19N3O3S. The van der Waals surface area contributed by atoms with E-state index in [0.717, 1.165) is 22.0 Å². The van der Waals surface area contributed by atoms with Crippen LogP contribution in [0.15, 0.2) is 53.4 Å². The topological polar surface area (TPSA) is 105 Å². The van der Waals surface area contributed by atoms with Crippen molar-refractivity contribution in [2.24, 2.45) is 5.14 Å². The van der Waals surface area contributed by atoms with Crippen LogP contribution in [-0.4, -0.2) is 25.9 Å². The molecule has 0 saturated heterocycles. The number of benzene rings is 2. The zero-order chi connectivity index (χ0) is 18.0. The van der Waals surface area contributed by atoms with Crippen LogP contribution in [0.5, 0.6) is 0 Å². The highest BCUT2D eigenvalue weighted by molar-refractivity contribution is 7.89. The number of nitrogens with two attached hydrogens (primary N) is 1. The zero-order valence-corrected chi connectivity index (χ0v) is 14.6. The van der Waals surface area contributed by atoms with Crippen LogP contribution in [0.25, 0.3) is 10.9 Å². The van der Waals surface area contributed by atoms with Gasteiger partial charge in [-0.1, -0.05) is 24.3 Å². The second-order valence-corrected chi connectivity index (χ2v) is 7.53. The van der Waals surface area contributed by atoms with E-state index in [-0.39, 0.29) is 10.8 Å². The van der Waals surface area contributed by atoms with Gasteiger partial charge in [0.25, 0.3) is 5.91 Å². The minimum atomic E-state index is -3.68. The van der Waals surface area contributed by atoms with Gasteiger partial charge >= 0.3 is 0 Å². The molecule has 0 saturated carbocycles. The lowest BCUT2D eigenvalue weighted by atomic mass is 10.1. The molecule has 0 aliphatic rings. The van der Waals surface area contributed by atoms with E-state index < -0.39 is 10.0 Å². The molecule has 1 amide bonds. The average Bonchev–Trinajstić information content (AvgIpc) is 2.97. The Morgan fingerprint density at radius 2 is 1.84 bits per heavy atom. The van der Waals surface area contributed by atoms with Crippen molar-refractivity contribution in [1.82, 2.24) is 10.3 Å². The Labute approximate surface area is 146 Å². The summed E-state index contributed by atoms with van der Waals surface area (Å²) in [6.07, 6.45) is 0.593. The van der Waals surface area contributed by atoms with E-state index in [4.69, 9.17) is 5.14 Å². The first-order valence-electron chi connectivity index (χ1n) is 7.82. The van der Waals surface area contributed by atoms with Crippen molar-refractivity contribution in [3.8, 4) is 0 Å². The van der Waals surface area contributed by atoms with E-state index in [1.165, 1.54) is 12.1 Å². The summed E-state index contributed by atoms with van der Waals surface area (Å²) in [6, 6.07) is 14.1. The molecule has 0 atom stereocenters. The Morgan fingerprint density at radius 1 is 1.12 bits per heavy atom. The number of carbonyl (C=O) groups excluding carboxylic acids is 1. The maximum absolute atomic E-state index is 12.2. The van der Waals surface area contributed by atoms with E-state index in [9.17, 15) is 13.2 Å². The number of nitrogens with one attached hydrogen (secondary N) is 2. The fraction of sp³-hybridized carbons (Fsp3) is 0.167. The van der Waals surface area contributed by atoms with E-state index in [0.29, 0.717) is 18.7 Å². The number of primary sulfonamides is 1. The number of fused-ring (bicyclic) bond motifs is 1. The summed E-state index contributed by atoms with van der Waals surface area (Å²) in [6.45, 7) is 2.45. The van der Waals surface area contributed by atoms with Crippen molar-refractivity contribution >= 4 is 26.8 Å². The van der Waals surface area contributed by atoms with Gasteiger partial charge in [0.1, 0.15) is 5.69 Å². The van der Waals surface area contributed by atoms with E-state index >= 15 is 0 Å². The molecule has 4 N–H and O–H groups in total. The van der Waals surface area contributed by atoms with Gasteiger partial charge in [-0.05, 0) is 48.7 Å². The number of aryl methyl sites for hydroxylation is 1. The summed E-state index contributed by atoms with van der Waals surface area (Å²) in [5.41, 5.74) is 3.50. The van der Waals surface area contributed by atoms with Gasteiger partial charge in [-0.3, -0.25) is 4.79 Å². The molecule has 0 fully saturated rings. The number of rotatable bonds is 5. The maximum atomic E-state index is 12.2. The average molecular weight is 357 g/mol. The Bertz CT molecular complexity index is 1020. The van der Waals surface area contributed by atoms with Gasteiger partial charge in [0, 0.05) is 17.4 Å². The van der Waals surface area contributed by atoms with Crippen molar-refractivity contribution in [3.05, 3.63) is 65.4 Å². The SMILES string of the molecule is Cc1ccc2cc(C(=O)NCCc3ccc(S(N)(=O)=O)cc3)[nH]c2c1. The van der Waals surface area contributed by atoms with Gasteiger partial charge in [-0.25, -0.2) is 13.6 Å². The molecule has 1 heterocycles. The van der Waals surface area contributed by atoms with Gasteiger partial charge in [0.05, 0.1) is 4.90 Å². The quantitative estimate of drug-likeness (QED) is 0.651. The number of carbonyl (C=O) groups is 1. The van der Waals surface area contributed by atoms with Crippen LogP contribution in [-0.2, 0) is 16.4 Å². The predicted octanol–water partition coefficient (Wildman–Crippen LogP) is 2.10. The van der Waals surface area contributed by atoms with Gasteiger partial charge in [-0.15, -0.1) is 0 Å². The van der Waals surface area contributed by atoms with Gasteiger partial charge in [0.2, 0.25) is 10.0 Å². The zero-order valence-electron chi connectivity index (χ0n) is 13.7. The normalized spacial score (nSPS) is 11.6. The van der Waals surface area contributed by atoms with E-state index in [2.05, 4.69) is 10.3 Å². The molecule has 0 bridgehead atoms. The summed E-state index contributed by atoms with van der Waals surface area (Å²) < 4.78 is 22.4. The van der Waals surface area contributed by atoms with Gasteiger partial charge in [-0.2, -0.15) is 0 Å². The van der Waals surface area contributed by atoms with Crippen LogP contribution in [0.3, 0.4) is 0 Å². The Hall–Kier alpha value is -2.64. The predicted molar refractivity (Wildman–Crippen MR) is 96.9 cm³/mol. The van der Waals surface area contributed by atoms with Gasteiger partial charge in [0.15, 0.2) is 0 Å². The fourth-order valence-corrected chi connectivity index (χ4v) is 3.14. The molecule has 0 aliphatic carbocycles. The minimum absolute atomic E-state index is 0.0775. The molecule has 3 aromatic rings. The smallest absolute Gasteiger partial charge is 0.267 e. The monoisotopic (exact) mass is 357 g/mol. The summed E-state index contributed by atoms with van der Waals surface area (Å²) in [5, 5.41) is 8.91. The second kappa shape index (κ2) is 6.70. The number of amides is 1. The molecule has 6 nitrogen and oxygen atoms in total. The van der Waals surface area contributed by atoms with Gasteiger partial charge < -0.3 is 10.3 Å². The third kappa shape index (κ3) is 4.07. The molecule has 0 aliphatic heterocycles. The lowest BCUT2D eigenvalue weighted by molar-refractivity contribution is 0.0950. The lowest BCUT2D eigenvalue weighted by Gasteiger charge is -2.05. The minimum Gasteiger partial charge on any atom is -0.351 e. The molecule has 130 valence electrons. The second-order valence-electron chi connectivity index (χ2n) is 5.97. The maximum Gasteiger partial charge on any atom is 0.267 e. The third-order valence-electron chi connectivity index (χ3n) is 3.97. The molecule has 3 rings (SSSR count). The van der Waals surface area contributed by atoms with Crippen molar-refractivity contribution in [2.45, 2.75) is 18.2 Å². The van der Waals surface area contributed by atoms with E-state index in [1.807, 2.05) is 31.2 Å². The summed E-state index contributed by atoms with van der Waals surface area (Å²) >= 11 is 0. The fourth-order valence-electron chi connectivity index (χ4n) is 2.62. The summed E-state index contributed by atoms with van der Waals surface area (Å²) in [4.78, 5) is 15.4. The molecule has 1 aromatic heterocycles. The van der Waals surface area contributed by atoms with Crippen LogP contribution < -0.4 is 10.5 Å². The van der Waals surface area contributed by atoms with Crippen LogP contribution in [0.1, 0.15) is 21.6 Å². The van der Waals surface area contributed by atoms with Crippen LogP contribution >= 0.6 is 0 Å². The molecule has 0 unspecified atom stereocenters. The first kappa shape index (κ1) is 17.2. The van der Waals surface area contributed by atoms with Crippen molar-refractivity contribution in [1.29, 1.82) is 0 Å². The standard InChI is InChI=1S/C18H19N3O3S/c1-12-2-5-14-11-17(21-16(14)10-12)18(22)20-9-8-13-3-6-15(7-4-13)25(19,23)24/h2-7,10-11,21H,8-9H2,1H3,(H,20,22)(H2,19,23,24). The number of aromatic nitrogens is 1. The summed E-state index contributed by atoms with van der Waals surface area (Å²) in [7, 11) is -3.68. The highest BCUT2D eigenvalue weighted by Gasteiger charge is 2.10. The Morgan fingerprint density at radius 3 is 2.52 bits per heavy atom. The lowest BCUT2D eigenvalue weighted by Crippen LogP contribution is -2.25. The molecular weight excluding hydrogens is 338 g/mol. The van der Waals surface area contributed by atoms with Crippen molar-refractivity contribution in [3.63, 3.8) is 0 Å². The molecule has 0 radical (unpaired) electrons. The van der Waals surface area contributed by atoms with Crippen molar-refractivity contribution < 1.29 is 13.2 Å². The first-order chi connectivity index (χ1) is 11.8. The number of H-pyrrole nitrogens is 1. The van der Waals surface area contributed by atoms with Crippen LogP contribution in [0, 0.1) is 6.92 Å². The summed E-state index contributed by atoms with van der Waals surface area (Å²) in [5.74, 6) is -0.171. The highest BCUT2D eigenvalue weighted by atomic mass is 32.2. The molecule has 7 heteroatoms. The molecule has 2 aromatic carbocycles. The van der Waals surface area contributed by atoms with Crippen LogP contribution in [0.4, 0.5) is 0 Å². The Kier molecular flexibility index (Phi) is 4.61.